The molecule has 1 heterocycles. The van der Waals surface area contributed by atoms with Crippen LogP contribution < -0.4 is 15.1 Å². The minimum atomic E-state index is 0.0257. The Morgan fingerprint density at radius 1 is 1.04 bits per heavy atom. The Morgan fingerprint density at radius 3 is 2.35 bits per heavy atom. The molecule has 0 spiro atoms. The van der Waals surface area contributed by atoms with E-state index in [2.05, 4.69) is 23.2 Å². The summed E-state index contributed by atoms with van der Waals surface area (Å²) < 4.78 is 0. The van der Waals surface area contributed by atoms with E-state index in [0.29, 0.717) is 11.6 Å². The van der Waals surface area contributed by atoms with Crippen LogP contribution in [0.15, 0.2) is 36.4 Å². The van der Waals surface area contributed by atoms with Crippen molar-refractivity contribution in [1.82, 2.24) is 0 Å². The Labute approximate surface area is 164 Å². The second kappa shape index (κ2) is 8.30. The fourth-order valence-corrected chi connectivity index (χ4v) is 3.65. The highest BCUT2D eigenvalue weighted by atomic mass is 35.5. The molecule has 26 heavy (non-hydrogen) atoms. The molecule has 2 aromatic carbocycles. The summed E-state index contributed by atoms with van der Waals surface area (Å²) >= 11 is 12.2. The normalized spacial score (nSPS) is 15.2. The van der Waals surface area contributed by atoms with Crippen LogP contribution >= 0.6 is 23.2 Å². The summed E-state index contributed by atoms with van der Waals surface area (Å²) in [5, 5.41) is 4.37. The molecule has 0 unspecified atom stereocenters. The van der Waals surface area contributed by atoms with Gasteiger partial charge in [0.25, 0.3) is 5.91 Å². The number of halogens is 2. The van der Waals surface area contributed by atoms with Gasteiger partial charge in [0.1, 0.15) is 0 Å². The van der Waals surface area contributed by atoms with Gasteiger partial charge in [0.15, 0.2) is 6.54 Å². The highest BCUT2D eigenvalue weighted by Crippen LogP contribution is 2.24. The van der Waals surface area contributed by atoms with Crippen molar-refractivity contribution in [2.75, 3.05) is 42.9 Å². The van der Waals surface area contributed by atoms with Crippen LogP contribution in [0.4, 0.5) is 11.4 Å². The van der Waals surface area contributed by atoms with Gasteiger partial charge in [0.05, 0.1) is 26.2 Å². The lowest BCUT2D eigenvalue weighted by Crippen LogP contribution is -3.15. The number of anilines is 2. The summed E-state index contributed by atoms with van der Waals surface area (Å²) in [6.45, 7) is 8.21. The number of amides is 1. The molecule has 0 aromatic heterocycles. The molecule has 4 nitrogen and oxygen atoms in total. The van der Waals surface area contributed by atoms with Crippen molar-refractivity contribution in [2.24, 2.45) is 0 Å². The highest BCUT2D eigenvalue weighted by molar-refractivity contribution is 6.31. The molecular weight excluding hydrogens is 369 g/mol. The predicted octanol–water partition coefficient (Wildman–Crippen LogP) is 2.95. The molecule has 2 N–H and O–H groups in total. The van der Waals surface area contributed by atoms with Gasteiger partial charge in [0.2, 0.25) is 0 Å². The zero-order valence-corrected chi connectivity index (χ0v) is 16.6. The van der Waals surface area contributed by atoms with Crippen LogP contribution in [0, 0.1) is 13.8 Å². The van der Waals surface area contributed by atoms with Gasteiger partial charge in [-0.3, -0.25) is 4.79 Å². The summed E-state index contributed by atoms with van der Waals surface area (Å²) in [5.41, 5.74) is 4.22. The van der Waals surface area contributed by atoms with Crippen molar-refractivity contribution < 1.29 is 9.69 Å². The standard InChI is InChI=1S/C20H23Cl2N3O/c1-14-3-5-16(21)11-18(14)23-20(26)13-24-7-9-25(10-8-24)19-12-17(22)6-4-15(19)2/h3-6,11-12H,7-10,13H2,1-2H3,(H,23,26)/p+1. The number of piperazine rings is 1. The fourth-order valence-electron chi connectivity index (χ4n) is 3.31. The summed E-state index contributed by atoms with van der Waals surface area (Å²) in [7, 11) is 0. The quantitative estimate of drug-likeness (QED) is 0.838. The number of quaternary nitrogens is 1. The highest BCUT2D eigenvalue weighted by Gasteiger charge is 2.23. The molecule has 138 valence electrons. The van der Waals surface area contributed by atoms with E-state index in [1.807, 2.05) is 31.2 Å². The zero-order chi connectivity index (χ0) is 18.7. The first-order valence-electron chi connectivity index (χ1n) is 8.83. The van der Waals surface area contributed by atoms with E-state index in [4.69, 9.17) is 23.2 Å². The first-order chi connectivity index (χ1) is 12.4. The molecule has 3 rings (SSSR count). The third kappa shape index (κ3) is 4.70. The average Bonchev–Trinajstić information content (AvgIpc) is 2.61. The molecule has 0 radical (unpaired) electrons. The molecule has 6 heteroatoms. The van der Waals surface area contributed by atoms with E-state index >= 15 is 0 Å². The van der Waals surface area contributed by atoms with E-state index in [-0.39, 0.29) is 5.91 Å². The number of carbonyl (C=O) groups is 1. The number of hydrogen-bond acceptors (Lipinski definition) is 2. The fraction of sp³-hybridized carbons (Fsp3) is 0.350. The van der Waals surface area contributed by atoms with Crippen molar-refractivity contribution in [3.05, 3.63) is 57.6 Å². The Bertz CT molecular complexity index is 802. The van der Waals surface area contributed by atoms with Crippen LogP contribution in [0.2, 0.25) is 10.0 Å². The SMILES string of the molecule is Cc1ccc(Cl)cc1NC(=O)C[NH+]1CCN(c2cc(Cl)ccc2C)CC1. The molecule has 1 aliphatic heterocycles. The van der Waals surface area contributed by atoms with Crippen molar-refractivity contribution >= 4 is 40.5 Å². The van der Waals surface area contributed by atoms with E-state index in [0.717, 1.165) is 42.5 Å². The number of carbonyl (C=O) groups excluding carboxylic acids is 1. The second-order valence-corrected chi connectivity index (χ2v) is 7.72. The largest absolute Gasteiger partial charge is 0.360 e. The molecule has 0 atom stereocenters. The van der Waals surface area contributed by atoms with Gasteiger partial charge in [-0.15, -0.1) is 0 Å². The zero-order valence-electron chi connectivity index (χ0n) is 15.1. The van der Waals surface area contributed by atoms with Gasteiger partial charge >= 0.3 is 0 Å². The Balaban J connectivity index is 1.54. The maximum atomic E-state index is 12.4. The Hall–Kier alpha value is -1.75. The third-order valence-corrected chi connectivity index (χ3v) is 5.34. The molecule has 0 bridgehead atoms. The lowest BCUT2D eigenvalue weighted by atomic mass is 10.1. The predicted molar refractivity (Wildman–Crippen MR) is 109 cm³/mol. The van der Waals surface area contributed by atoms with Gasteiger partial charge in [-0.1, -0.05) is 35.3 Å². The second-order valence-electron chi connectivity index (χ2n) is 6.85. The van der Waals surface area contributed by atoms with Crippen LogP contribution in [0.1, 0.15) is 11.1 Å². The average molecular weight is 393 g/mol. The van der Waals surface area contributed by atoms with Gasteiger partial charge in [-0.2, -0.15) is 0 Å². The lowest BCUT2D eigenvalue weighted by molar-refractivity contribution is -0.892. The maximum Gasteiger partial charge on any atom is 0.279 e. The third-order valence-electron chi connectivity index (χ3n) is 4.87. The van der Waals surface area contributed by atoms with Crippen LogP contribution in [0.3, 0.4) is 0 Å². The molecule has 1 amide bonds. The first-order valence-corrected chi connectivity index (χ1v) is 9.58. The Morgan fingerprint density at radius 2 is 1.65 bits per heavy atom. The molecule has 0 aliphatic carbocycles. The summed E-state index contributed by atoms with van der Waals surface area (Å²) in [5.74, 6) is 0.0257. The van der Waals surface area contributed by atoms with Gasteiger partial charge in [-0.25, -0.2) is 0 Å². The van der Waals surface area contributed by atoms with Gasteiger partial charge in [-0.05, 0) is 49.2 Å². The van der Waals surface area contributed by atoms with Crippen LogP contribution in [-0.2, 0) is 4.79 Å². The van der Waals surface area contributed by atoms with Crippen molar-refractivity contribution in [1.29, 1.82) is 0 Å². The number of benzene rings is 2. The maximum absolute atomic E-state index is 12.4. The van der Waals surface area contributed by atoms with E-state index in [9.17, 15) is 4.79 Å². The Kier molecular flexibility index (Phi) is 6.07. The summed E-state index contributed by atoms with van der Waals surface area (Å²) in [6, 6.07) is 11.5. The molecule has 1 saturated heterocycles. The van der Waals surface area contributed by atoms with Crippen LogP contribution in [0.5, 0.6) is 0 Å². The van der Waals surface area contributed by atoms with Gasteiger partial charge in [0, 0.05) is 21.4 Å². The lowest BCUT2D eigenvalue weighted by Gasteiger charge is -2.34. The molecule has 1 aliphatic rings. The van der Waals surface area contributed by atoms with Crippen LogP contribution in [-0.4, -0.2) is 38.6 Å². The monoisotopic (exact) mass is 392 g/mol. The summed E-state index contributed by atoms with van der Waals surface area (Å²) in [4.78, 5) is 16.0. The number of hydrogen-bond donors (Lipinski definition) is 2. The van der Waals surface area contributed by atoms with E-state index < -0.39 is 0 Å². The molecule has 0 saturated carbocycles. The molecular formula is C20H24Cl2N3O+. The number of aryl methyl sites for hydroxylation is 2. The summed E-state index contributed by atoms with van der Waals surface area (Å²) in [6.07, 6.45) is 0. The van der Waals surface area contributed by atoms with Crippen LogP contribution in [0.25, 0.3) is 0 Å². The first kappa shape index (κ1) is 19.0. The van der Waals surface area contributed by atoms with E-state index in [1.165, 1.54) is 16.2 Å². The van der Waals surface area contributed by atoms with Crippen molar-refractivity contribution in [2.45, 2.75) is 13.8 Å². The molecule has 1 fully saturated rings. The topological polar surface area (TPSA) is 36.8 Å². The smallest absolute Gasteiger partial charge is 0.279 e. The number of nitrogens with zero attached hydrogens (tertiary/aromatic N) is 1. The van der Waals surface area contributed by atoms with Crippen molar-refractivity contribution in [3.8, 4) is 0 Å². The number of nitrogens with one attached hydrogen (secondary N) is 2. The number of rotatable bonds is 4. The van der Waals surface area contributed by atoms with Gasteiger partial charge < -0.3 is 15.1 Å². The minimum absolute atomic E-state index is 0.0257. The minimum Gasteiger partial charge on any atom is -0.360 e. The molecule has 2 aromatic rings. The van der Waals surface area contributed by atoms with E-state index in [1.54, 1.807) is 6.07 Å². The van der Waals surface area contributed by atoms with Crippen molar-refractivity contribution in [3.63, 3.8) is 0 Å².